The molecule has 19 heavy (non-hydrogen) atoms. The number of unbranched alkanes of at least 4 members (excludes halogenated alkanes) is 1. The second kappa shape index (κ2) is 7.49. The fourth-order valence-corrected chi connectivity index (χ4v) is 2.09. The monoisotopic (exact) mass is 278 g/mol. The van der Waals surface area contributed by atoms with E-state index >= 15 is 0 Å². The van der Waals surface area contributed by atoms with Crippen molar-refractivity contribution in [2.75, 3.05) is 5.32 Å². The Bertz CT molecular complexity index is 396. The SMILES string of the molecule is CCCCc1ccc(NC(=S)NC(C)(C)CC)cc1. The van der Waals surface area contributed by atoms with Crippen LogP contribution in [0.15, 0.2) is 24.3 Å². The molecule has 2 N–H and O–H groups in total. The van der Waals surface area contributed by atoms with E-state index in [2.05, 4.69) is 62.6 Å². The van der Waals surface area contributed by atoms with Crippen LogP contribution < -0.4 is 10.6 Å². The standard InChI is InChI=1S/C16H26N2S/c1-5-7-8-13-9-11-14(12-10-13)17-15(19)18-16(3,4)6-2/h9-12H,5-8H2,1-4H3,(H2,17,18,19). The molecule has 1 rings (SSSR count). The van der Waals surface area contributed by atoms with Crippen LogP contribution in [-0.4, -0.2) is 10.7 Å². The quantitative estimate of drug-likeness (QED) is 0.749. The third kappa shape index (κ3) is 6.06. The Morgan fingerprint density at radius 1 is 1.16 bits per heavy atom. The molecule has 3 heteroatoms. The van der Waals surface area contributed by atoms with Gasteiger partial charge in [0.15, 0.2) is 5.11 Å². The first kappa shape index (κ1) is 16.0. The number of thiocarbonyl (C=S) groups is 1. The van der Waals surface area contributed by atoms with Crippen molar-refractivity contribution in [1.29, 1.82) is 0 Å². The molecule has 0 amide bonds. The Morgan fingerprint density at radius 2 is 1.79 bits per heavy atom. The number of aryl methyl sites for hydroxylation is 1. The molecule has 2 nitrogen and oxygen atoms in total. The topological polar surface area (TPSA) is 24.1 Å². The average molecular weight is 278 g/mol. The fraction of sp³-hybridized carbons (Fsp3) is 0.562. The molecule has 1 aromatic carbocycles. The summed E-state index contributed by atoms with van der Waals surface area (Å²) in [6.07, 6.45) is 4.67. The predicted octanol–water partition coefficient (Wildman–Crippen LogP) is 4.50. The van der Waals surface area contributed by atoms with Gasteiger partial charge in [0.25, 0.3) is 0 Å². The molecule has 0 aliphatic rings. The van der Waals surface area contributed by atoms with Crippen LogP contribution in [-0.2, 0) is 6.42 Å². The number of hydrogen-bond acceptors (Lipinski definition) is 1. The molecule has 0 saturated carbocycles. The van der Waals surface area contributed by atoms with E-state index in [4.69, 9.17) is 12.2 Å². The van der Waals surface area contributed by atoms with Gasteiger partial charge in [0.05, 0.1) is 0 Å². The summed E-state index contributed by atoms with van der Waals surface area (Å²) in [4.78, 5) is 0. The molecule has 0 spiro atoms. The van der Waals surface area contributed by atoms with E-state index in [9.17, 15) is 0 Å². The Labute approximate surface area is 123 Å². The lowest BCUT2D eigenvalue weighted by Crippen LogP contribution is -2.44. The van der Waals surface area contributed by atoms with Crippen LogP contribution in [0.3, 0.4) is 0 Å². The molecule has 0 saturated heterocycles. The first-order valence-electron chi connectivity index (χ1n) is 7.15. The summed E-state index contributed by atoms with van der Waals surface area (Å²) in [7, 11) is 0. The minimum atomic E-state index is 0.0329. The third-order valence-corrected chi connectivity index (χ3v) is 3.57. The summed E-state index contributed by atoms with van der Waals surface area (Å²) in [5.41, 5.74) is 2.47. The van der Waals surface area contributed by atoms with Crippen LogP contribution in [0.4, 0.5) is 5.69 Å². The van der Waals surface area contributed by atoms with Crippen LogP contribution in [0.1, 0.15) is 52.5 Å². The van der Waals surface area contributed by atoms with E-state index < -0.39 is 0 Å². The van der Waals surface area contributed by atoms with Gasteiger partial charge in [-0.1, -0.05) is 32.4 Å². The molecule has 0 bridgehead atoms. The fourth-order valence-electron chi connectivity index (χ4n) is 1.69. The molecule has 0 radical (unpaired) electrons. The molecule has 0 atom stereocenters. The van der Waals surface area contributed by atoms with Crippen molar-refractivity contribution in [3.05, 3.63) is 29.8 Å². The van der Waals surface area contributed by atoms with Crippen LogP contribution in [0, 0.1) is 0 Å². The summed E-state index contributed by atoms with van der Waals surface area (Å²) in [6, 6.07) is 8.53. The van der Waals surface area contributed by atoms with Gasteiger partial charge in [-0.25, -0.2) is 0 Å². The van der Waals surface area contributed by atoms with E-state index in [1.54, 1.807) is 0 Å². The Balaban J connectivity index is 2.51. The summed E-state index contributed by atoms with van der Waals surface area (Å²) >= 11 is 5.33. The van der Waals surface area contributed by atoms with Crippen LogP contribution >= 0.6 is 12.2 Å². The molecule has 106 valence electrons. The Morgan fingerprint density at radius 3 is 2.32 bits per heavy atom. The van der Waals surface area contributed by atoms with Gasteiger partial charge in [0, 0.05) is 11.2 Å². The lowest BCUT2D eigenvalue weighted by Gasteiger charge is -2.26. The largest absolute Gasteiger partial charge is 0.358 e. The molecule has 0 unspecified atom stereocenters. The zero-order valence-corrected chi connectivity index (χ0v) is 13.4. The van der Waals surface area contributed by atoms with Gasteiger partial charge in [-0.2, -0.15) is 0 Å². The van der Waals surface area contributed by atoms with E-state index in [1.165, 1.54) is 18.4 Å². The lowest BCUT2D eigenvalue weighted by atomic mass is 10.0. The predicted molar refractivity (Wildman–Crippen MR) is 88.8 cm³/mol. The maximum atomic E-state index is 5.33. The first-order chi connectivity index (χ1) is 8.96. The summed E-state index contributed by atoms with van der Waals surface area (Å²) < 4.78 is 0. The zero-order chi connectivity index (χ0) is 14.3. The summed E-state index contributed by atoms with van der Waals surface area (Å²) in [5.74, 6) is 0. The highest BCUT2D eigenvalue weighted by atomic mass is 32.1. The second-order valence-electron chi connectivity index (χ2n) is 5.62. The zero-order valence-electron chi connectivity index (χ0n) is 12.5. The molecule has 0 aliphatic carbocycles. The molecule has 0 heterocycles. The van der Waals surface area contributed by atoms with E-state index in [-0.39, 0.29) is 5.54 Å². The highest BCUT2D eigenvalue weighted by molar-refractivity contribution is 7.80. The molecule has 0 aromatic heterocycles. The first-order valence-corrected chi connectivity index (χ1v) is 7.56. The summed E-state index contributed by atoms with van der Waals surface area (Å²) in [6.45, 7) is 8.66. The van der Waals surface area contributed by atoms with Crippen molar-refractivity contribution in [1.82, 2.24) is 5.32 Å². The van der Waals surface area contributed by atoms with Crippen molar-refractivity contribution < 1.29 is 0 Å². The number of anilines is 1. The van der Waals surface area contributed by atoms with E-state index in [1.807, 2.05) is 0 Å². The van der Waals surface area contributed by atoms with Gasteiger partial charge in [0.1, 0.15) is 0 Å². The Hall–Kier alpha value is -1.09. The van der Waals surface area contributed by atoms with Gasteiger partial charge in [-0.05, 0) is 63.0 Å². The van der Waals surface area contributed by atoms with Gasteiger partial charge in [0.2, 0.25) is 0 Å². The number of rotatable bonds is 6. The normalized spacial score (nSPS) is 11.2. The third-order valence-electron chi connectivity index (χ3n) is 3.37. The van der Waals surface area contributed by atoms with Crippen molar-refractivity contribution in [2.24, 2.45) is 0 Å². The molecular formula is C16H26N2S. The van der Waals surface area contributed by atoms with Gasteiger partial charge >= 0.3 is 0 Å². The summed E-state index contributed by atoms with van der Waals surface area (Å²) in [5, 5.41) is 7.25. The average Bonchev–Trinajstić information content (AvgIpc) is 2.37. The van der Waals surface area contributed by atoms with Crippen LogP contribution in [0.5, 0.6) is 0 Å². The minimum Gasteiger partial charge on any atom is -0.358 e. The number of hydrogen-bond donors (Lipinski definition) is 2. The van der Waals surface area contributed by atoms with E-state index in [0.717, 1.165) is 18.5 Å². The highest BCUT2D eigenvalue weighted by Gasteiger charge is 2.15. The maximum absolute atomic E-state index is 5.33. The number of nitrogens with one attached hydrogen (secondary N) is 2. The minimum absolute atomic E-state index is 0.0329. The van der Waals surface area contributed by atoms with Crippen molar-refractivity contribution in [2.45, 2.75) is 58.9 Å². The molecule has 1 aromatic rings. The van der Waals surface area contributed by atoms with Crippen molar-refractivity contribution in [3.8, 4) is 0 Å². The van der Waals surface area contributed by atoms with Crippen LogP contribution in [0.2, 0.25) is 0 Å². The maximum Gasteiger partial charge on any atom is 0.171 e. The highest BCUT2D eigenvalue weighted by Crippen LogP contribution is 2.13. The number of benzene rings is 1. The molecule has 0 fully saturated rings. The van der Waals surface area contributed by atoms with Gasteiger partial charge in [-0.15, -0.1) is 0 Å². The lowest BCUT2D eigenvalue weighted by molar-refractivity contribution is 0.448. The molecule has 0 aliphatic heterocycles. The van der Waals surface area contributed by atoms with Crippen molar-refractivity contribution in [3.63, 3.8) is 0 Å². The van der Waals surface area contributed by atoms with Gasteiger partial charge in [-0.3, -0.25) is 0 Å². The van der Waals surface area contributed by atoms with Crippen molar-refractivity contribution >= 4 is 23.0 Å². The smallest absolute Gasteiger partial charge is 0.171 e. The Kier molecular flexibility index (Phi) is 6.29. The van der Waals surface area contributed by atoms with Gasteiger partial charge < -0.3 is 10.6 Å². The van der Waals surface area contributed by atoms with E-state index in [0.29, 0.717) is 5.11 Å². The van der Waals surface area contributed by atoms with Crippen LogP contribution in [0.25, 0.3) is 0 Å². The molecular weight excluding hydrogens is 252 g/mol. The second-order valence-corrected chi connectivity index (χ2v) is 6.03.